The summed E-state index contributed by atoms with van der Waals surface area (Å²) in [4.78, 5) is 18.9. The number of nitrogens with zero attached hydrogens (tertiary/aromatic N) is 1. The number of benzene rings is 1. The van der Waals surface area contributed by atoms with Crippen molar-refractivity contribution in [2.24, 2.45) is 0 Å². The van der Waals surface area contributed by atoms with E-state index in [4.69, 9.17) is 5.11 Å². The summed E-state index contributed by atoms with van der Waals surface area (Å²) in [6, 6.07) is 5.06. The minimum absolute atomic E-state index is 0.305. The van der Waals surface area contributed by atoms with Gasteiger partial charge in [-0.15, -0.1) is 0 Å². The van der Waals surface area contributed by atoms with Crippen molar-refractivity contribution in [1.29, 1.82) is 0 Å². The van der Waals surface area contributed by atoms with Crippen LogP contribution < -0.4 is 0 Å². The molecule has 4 heteroatoms. The number of hydrogen-bond acceptors (Lipinski definition) is 2. The summed E-state index contributed by atoms with van der Waals surface area (Å²) in [5.41, 5.74) is 1.98. The SMILES string of the molecule is CCCCCCCCCCCCCCCCc1nc2ccc(C(=O)O)cc2[nH]1. The van der Waals surface area contributed by atoms with Gasteiger partial charge in [-0.1, -0.05) is 90.4 Å². The summed E-state index contributed by atoms with van der Waals surface area (Å²) < 4.78 is 0. The number of imidazole rings is 1. The van der Waals surface area contributed by atoms with Crippen molar-refractivity contribution in [3.63, 3.8) is 0 Å². The topological polar surface area (TPSA) is 66.0 Å². The van der Waals surface area contributed by atoms with E-state index in [0.29, 0.717) is 5.56 Å². The van der Waals surface area contributed by atoms with Crippen molar-refractivity contribution in [1.82, 2.24) is 9.97 Å². The molecule has 0 bridgehead atoms. The Morgan fingerprint density at radius 2 is 1.39 bits per heavy atom. The minimum Gasteiger partial charge on any atom is -0.478 e. The monoisotopic (exact) mass is 386 g/mol. The molecule has 2 aromatic rings. The predicted octanol–water partition coefficient (Wildman–Crippen LogP) is 7.28. The van der Waals surface area contributed by atoms with Crippen LogP contribution >= 0.6 is 0 Å². The van der Waals surface area contributed by atoms with Crippen LogP contribution in [0.1, 0.15) is 113 Å². The summed E-state index contributed by atoms with van der Waals surface area (Å²) in [6.07, 6.45) is 20.0. The second-order valence-electron chi connectivity index (χ2n) is 8.07. The van der Waals surface area contributed by atoms with Gasteiger partial charge >= 0.3 is 5.97 Å². The Hall–Kier alpha value is -1.84. The zero-order valence-electron chi connectivity index (χ0n) is 17.6. The number of fused-ring (bicyclic) bond motifs is 1. The fourth-order valence-corrected chi connectivity index (χ4v) is 3.80. The van der Waals surface area contributed by atoms with E-state index in [1.54, 1.807) is 18.2 Å². The van der Waals surface area contributed by atoms with Crippen LogP contribution in [0.15, 0.2) is 18.2 Å². The molecule has 0 saturated heterocycles. The maximum absolute atomic E-state index is 11.0. The Bertz CT molecular complexity index is 693. The molecule has 0 aliphatic heterocycles. The zero-order chi connectivity index (χ0) is 20.0. The second kappa shape index (κ2) is 13.4. The van der Waals surface area contributed by atoms with Gasteiger partial charge in [-0.3, -0.25) is 0 Å². The highest BCUT2D eigenvalue weighted by Crippen LogP contribution is 2.16. The second-order valence-corrected chi connectivity index (χ2v) is 8.07. The first kappa shape index (κ1) is 22.4. The van der Waals surface area contributed by atoms with E-state index in [1.807, 2.05) is 0 Å². The van der Waals surface area contributed by atoms with E-state index in [1.165, 1.54) is 83.5 Å². The fraction of sp³-hybridized carbons (Fsp3) is 0.667. The van der Waals surface area contributed by atoms with Gasteiger partial charge in [0.05, 0.1) is 16.6 Å². The molecule has 0 aliphatic carbocycles. The number of carboxylic acid groups (broad SMARTS) is 1. The van der Waals surface area contributed by atoms with Crippen molar-refractivity contribution in [2.75, 3.05) is 0 Å². The number of rotatable bonds is 16. The van der Waals surface area contributed by atoms with E-state index in [0.717, 1.165) is 29.7 Å². The number of H-pyrrole nitrogens is 1. The molecular formula is C24H38N2O2. The Labute approximate surface area is 170 Å². The lowest BCUT2D eigenvalue weighted by atomic mass is 10.0. The third kappa shape index (κ3) is 8.45. The average molecular weight is 387 g/mol. The number of aromatic carboxylic acids is 1. The summed E-state index contributed by atoms with van der Waals surface area (Å²) in [6.45, 7) is 2.27. The van der Waals surface area contributed by atoms with Gasteiger partial charge in [-0.2, -0.15) is 0 Å². The molecule has 4 nitrogen and oxygen atoms in total. The van der Waals surface area contributed by atoms with Gasteiger partial charge in [0.1, 0.15) is 5.82 Å². The van der Waals surface area contributed by atoms with Crippen LogP contribution in [-0.4, -0.2) is 21.0 Å². The average Bonchev–Trinajstić information content (AvgIpc) is 3.10. The first-order valence-corrected chi connectivity index (χ1v) is 11.4. The lowest BCUT2D eigenvalue weighted by Crippen LogP contribution is -1.94. The molecular weight excluding hydrogens is 348 g/mol. The number of aryl methyl sites for hydroxylation is 1. The number of aromatic nitrogens is 2. The van der Waals surface area contributed by atoms with Crippen LogP contribution in [0.3, 0.4) is 0 Å². The lowest BCUT2D eigenvalue weighted by molar-refractivity contribution is 0.0697. The Kier molecular flexibility index (Phi) is 10.7. The van der Waals surface area contributed by atoms with Crippen molar-refractivity contribution in [3.8, 4) is 0 Å². The zero-order valence-corrected chi connectivity index (χ0v) is 17.6. The van der Waals surface area contributed by atoms with Gasteiger partial charge in [-0.25, -0.2) is 9.78 Å². The quantitative estimate of drug-likeness (QED) is 0.298. The Balaban J connectivity index is 1.46. The maximum Gasteiger partial charge on any atom is 0.335 e. The van der Waals surface area contributed by atoms with Crippen LogP contribution in [0.5, 0.6) is 0 Å². The highest BCUT2D eigenvalue weighted by Gasteiger charge is 2.07. The number of carbonyl (C=O) groups is 1. The van der Waals surface area contributed by atoms with Gasteiger partial charge < -0.3 is 10.1 Å². The van der Waals surface area contributed by atoms with Gasteiger partial charge in [0.15, 0.2) is 0 Å². The highest BCUT2D eigenvalue weighted by atomic mass is 16.4. The van der Waals surface area contributed by atoms with Crippen LogP contribution in [0.2, 0.25) is 0 Å². The molecule has 156 valence electrons. The van der Waals surface area contributed by atoms with Crippen molar-refractivity contribution in [3.05, 3.63) is 29.6 Å². The molecule has 0 spiro atoms. The normalized spacial score (nSPS) is 11.3. The molecule has 1 aromatic heterocycles. The van der Waals surface area contributed by atoms with Crippen LogP contribution in [-0.2, 0) is 6.42 Å². The summed E-state index contributed by atoms with van der Waals surface area (Å²) >= 11 is 0. The molecule has 0 amide bonds. The van der Waals surface area contributed by atoms with Gasteiger partial charge in [0.25, 0.3) is 0 Å². The van der Waals surface area contributed by atoms with E-state index in [9.17, 15) is 4.79 Å². The Morgan fingerprint density at radius 1 is 0.857 bits per heavy atom. The van der Waals surface area contributed by atoms with Crippen molar-refractivity contribution >= 4 is 17.0 Å². The molecule has 0 aliphatic rings. The molecule has 2 N–H and O–H groups in total. The molecule has 1 heterocycles. The molecule has 0 unspecified atom stereocenters. The predicted molar refractivity (Wildman–Crippen MR) is 117 cm³/mol. The van der Waals surface area contributed by atoms with Crippen LogP contribution in [0.4, 0.5) is 0 Å². The number of hydrogen-bond donors (Lipinski definition) is 2. The molecule has 0 radical (unpaired) electrons. The highest BCUT2D eigenvalue weighted by molar-refractivity contribution is 5.92. The lowest BCUT2D eigenvalue weighted by Gasteiger charge is -2.03. The van der Waals surface area contributed by atoms with E-state index in [-0.39, 0.29) is 0 Å². The van der Waals surface area contributed by atoms with E-state index < -0.39 is 5.97 Å². The standard InChI is InChI=1S/C24H38N2O2/c1-2-3-4-5-6-7-8-9-10-11-12-13-14-15-16-23-25-21-18-17-20(24(27)28)19-22(21)26-23/h17-19H,2-16H2,1H3,(H,25,26)(H,27,28). The molecule has 1 aromatic carbocycles. The number of aromatic amines is 1. The summed E-state index contributed by atoms with van der Waals surface area (Å²) in [7, 11) is 0. The number of unbranched alkanes of at least 4 members (excludes halogenated alkanes) is 13. The Morgan fingerprint density at radius 3 is 1.93 bits per heavy atom. The van der Waals surface area contributed by atoms with Crippen molar-refractivity contribution < 1.29 is 9.90 Å². The molecule has 0 saturated carbocycles. The number of nitrogens with one attached hydrogen (secondary N) is 1. The van der Waals surface area contributed by atoms with Gasteiger partial charge in [0.2, 0.25) is 0 Å². The summed E-state index contributed by atoms with van der Waals surface area (Å²) in [5, 5.41) is 9.06. The van der Waals surface area contributed by atoms with Gasteiger partial charge in [-0.05, 0) is 24.6 Å². The molecule has 28 heavy (non-hydrogen) atoms. The van der Waals surface area contributed by atoms with Crippen LogP contribution in [0, 0.1) is 0 Å². The maximum atomic E-state index is 11.0. The fourth-order valence-electron chi connectivity index (χ4n) is 3.80. The first-order valence-electron chi connectivity index (χ1n) is 11.4. The molecule has 0 atom stereocenters. The molecule has 0 fully saturated rings. The van der Waals surface area contributed by atoms with Gasteiger partial charge in [0, 0.05) is 6.42 Å². The third-order valence-electron chi connectivity index (χ3n) is 5.55. The van der Waals surface area contributed by atoms with Crippen LogP contribution in [0.25, 0.3) is 11.0 Å². The minimum atomic E-state index is -0.898. The summed E-state index contributed by atoms with van der Waals surface area (Å²) in [5.74, 6) is 0.0708. The van der Waals surface area contributed by atoms with E-state index in [2.05, 4.69) is 16.9 Å². The van der Waals surface area contributed by atoms with Crippen molar-refractivity contribution in [2.45, 2.75) is 103 Å². The smallest absolute Gasteiger partial charge is 0.335 e. The third-order valence-corrected chi connectivity index (χ3v) is 5.55. The first-order chi connectivity index (χ1) is 13.7. The molecule has 2 rings (SSSR count). The number of carboxylic acids is 1. The van der Waals surface area contributed by atoms with E-state index >= 15 is 0 Å². The largest absolute Gasteiger partial charge is 0.478 e.